The van der Waals surface area contributed by atoms with E-state index in [2.05, 4.69) is 15.0 Å². The molecule has 6 rings (SSSR count). The van der Waals surface area contributed by atoms with Crippen LogP contribution in [0.2, 0.25) is 0 Å². The van der Waals surface area contributed by atoms with E-state index in [1.165, 1.54) is 0 Å². The Kier molecular flexibility index (Phi) is 6.11. The molecule has 2 N–H and O–H groups in total. The first-order valence-corrected chi connectivity index (χ1v) is 13.5. The number of nitrogens with zero attached hydrogens (tertiary/aromatic N) is 2. The molecule has 1 amide bonds. The van der Waals surface area contributed by atoms with E-state index in [-0.39, 0.29) is 23.4 Å². The molecule has 36 heavy (non-hydrogen) atoms. The number of carbonyl (C=O) groups is 2. The van der Waals surface area contributed by atoms with Crippen molar-refractivity contribution in [1.82, 2.24) is 20.0 Å². The van der Waals surface area contributed by atoms with E-state index >= 15 is 0 Å². The van der Waals surface area contributed by atoms with Crippen molar-refractivity contribution in [2.24, 2.45) is 0 Å². The zero-order chi connectivity index (χ0) is 24.7. The van der Waals surface area contributed by atoms with Crippen LogP contribution in [0.4, 0.5) is 0 Å². The number of hydrogen-bond donors (Lipinski definition) is 2. The van der Waals surface area contributed by atoms with Crippen molar-refractivity contribution in [3.63, 3.8) is 0 Å². The van der Waals surface area contributed by atoms with Crippen LogP contribution in [0.1, 0.15) is 59.2 Å². The fourth-order valence-corrected chi connectivity index (χ4v) is 6.58. The molecule has 2 aliphatic rings. The summed E-state index contributed by atoms with van der Waals surface area (Å²) >= 11 is 1.58. The van der Waals surface area contributed by atoms with Crippen molar-refractivity contribution >= 4 is 38.2 Å². The number of imidazole rings is 1. The molecular formula is C28H30N4O3S. The van der Waals surface area contributed by atoms with Gasteiger partial charge in [0.1, 0.15) is 0 Å². The van der Waals surface area contributed by atoms with Crippen molar-refractivity contribution in [2.45, 2.75) is 50.2 Å². The monoisotopic (exact) mass is 502 g/mol. The first-order valence-electron chi connectivity index (χ1n) is 12.7. The molecule has 2 aliphatic heterocycles. The topological polar surface area (TPSA) is 84.7 Å². The van der Waals surface area contributed by atoms with E-state index < -0.39 is 0 Å². The number of nitrogens with one attached hydrogen (secondary N) is 2. The van der Waals surface area contributed by atoms with Gasteiger partial charge in [0.15, 0.2) is 10.7 Å². The fraction of sp³-hybridized carbons (Fsp3) is 0.393. The molecule has 2 aromatic heterocycles. The summed E-state index contributed by atoms with van der Waals surface area (Å²) in [5.41, 5.74) is 4.28. The molecule has 4 aromatic rings. The largest absolute Gasteiger partial charge is 0.372 e. The van der Waals surface area contributed by atoms with E-state index in [1.807, 2.05) is 36.5 Å². The highest BCUT2D eigenvalue weighted by atomic mass is 32.1. The number of amides is 1. The summed E-state index contributed by atoms with van der Waals surface area (Å²) in [7, 11) is 1.62. The quantitative estimate of drug-likeness (QED) is 0.369. The number of piperidine rings is 1. The third-order valence-electron chi connectivity index (χ3n) is 7.63. The summed E-state index contributed by atoms with van der Waals surface area (Å²) in [4.78, 5) is 30.5. The van der Waals surface area contributed by atoms with Crippen LogP contribution in [-0.2, 0) is 4.74 Å². The minimum atomic E-state index is -0.106. The number of aromatic nitrogens is 2. The molecule has 7 nitrogen and oxygen atoms in total. The van der Waals surface area contributed by atoms with Gasteiger partial charge in [0, 0.05) is 36.4 Å². The van der Waals surface area contributed by atoms with Crippen LogP contribution >= 0.6 is 11.3 Å². The highest BCUT2D eigenvalue weighted by Gasteiger charge is 2.40. The second kappa shape index (κ2) is 9.42. The molecule has 1 unspecified atom stereocenters. The van der Waals surface area contributed by atoms with Crippen LogP contribution in [0, 0.1) is 0 Å². The van der Waals surface area contributed by atoms with Gasteiger partial charge in [0.25, 0.3) is 5.91 Å². The molecule has 4 heterocycles. The maximum Gasteiger partial charge on any atom is 0.251 e. The van der Waals surface area contributed by atoms with Crippen molar-refractivity contribution in [2.75, 3.05) is 20.1 Å². The number of ether oxygens (including phenoxy) is 1. The van der Waals surface area contributed by atoms with Gasteiger partial charge in [-0.05, 0) is 75.5 Å². The molecule has 1 spiro atoms. The summed E-state index contributed by atoms with van der Waals surface area (Å²) in [6, 6.07) is 13.4. The number of ketones is 1. The van der Waals surface area contributed by atoms with E-state index in [1.54, 1.807) is 30.5 Å². The Balaban J connectivity index is 1.14. The first-order chi connectivity index (χ1) is 17.5. The van der Waals surface area contributed by atoms with Crippen LogP contribution in [-0.4, -0.2) is 52.9 Å². The van der Waals surface area contributed by atoms with Gasteiger partial charge < -0.3 is 15.4 Å². The summed E-state index contributed by atoms with van der Waals surface area (Å²) in [6.07, 6.45) is 7.86. The average molecular weight is 503 g/mol. The lowest BCUT2D eigenvalue weighted by Crippen LogP contribution is -2.41. The third-order valence-corrected chi connectivity index (χ3v) is 8.65. The molecule has 0 saturated carbocycles. The van der Waals surface area contributed by atoms with Gasteiger partial charge >= 0.3 is 0 Å². The van der Waals surface area contributed by atoms with Gasteiger partial charge in [-0.15, -0.1) is 0 Å². The van der Waals surface area contributed by atoms with Gasteiger partial charge in [-0.2, -0.15) is 0 Å². The maximum absolute atomic E-state index is 13.0. The molecular weight excluding hydrogens is 472 g/mol. The lowest BCUT2D eigenvalue weighted by atomic mass is 9.89. The maximum atomic E-state index is 13.0. The van der Waals surface area contributed by atoms with Gasteiger partial charge in [0.05, 0.1) is 27.6 Å². The minimum absolute atomic E-state index is 0.0503. The molecule has 2 aromatic carbocycles. The number of thiazole rings is 1. The number of fused-ring (bicyclic) bond motifs is 3. The summed E-state index contributed by atoms with van der Waals surface area (Å²) in [5, 5.41) is 6.05. The standard InChI is InChI=1S/C28H30N4O3S/c1-29-26(34)19-4-2-18(3-5-19)22-17-32-23-8-6-20(16-25(23)36-27(32)31-22)24(33)9-7-21-10-11-28(35-21)12-14-30-15-13-28/h2-6,8,16-17,21,30H,7,9-15H2,1H3,(H,29,34). The summed E-state index contributed by atoms with van der Waals surface area (Å²) < 4.78 is 9.55. The number of rotatable bonds is 6. The van der Waals surface area contributed by atoms with Gasteiger partial charge in [-0.25, -0.2) is 4.98 Å². The highest BCUT2D eigenvalue weighted by molar-refractivity contribution is 7.23. The molecule has 0 radical (unpaired) electrons. The molecule has 0 bridgehead atoms. The smallest absolute Gasteiger partial charge is 0.251 e. The highest BCUT2D eigenvalue weighted by Crippen LogP contribution is 2.39. The lowest BCUT2D eigenvalue weighted by molar-refractivity contribution is -0.0612. The normalized spacial score (nSPS) is 19.3. The predicted molar refractivity (Wildman–Crippen MR) is 142 cm³/mol. The first kappa shape index (κ1) is 23.3. The molecule has 2 saturated heterocycles. The fourth-order valence-electron chi connectivity index (χ4n) is 5.54. The zero-order valence-corrected chi connectivity index (χ0v) is 21.2. The van der Waals surface area contributed by atoms with E-state index in [0.717, 1.165) is 77.2 Å². The second-order valence-electron chi connectivity index (χ2n) is 9.89. The molecule has 2 fully saturated rings. The Labute approximate surface area is 213 Å². The second-order valence-corrected chi connectivity index (χ2v) is 10.9. The van der Waals surface area contributed by atoms with Gasteiger partial charge in [-0.1, -0.05) is 23.5 Å². The van der Waals surface area contributed by atoms with E-state index in [4.69, 9.17) is 9.72 Å². The van der Waals surface area contributed by atoms with E-state index in [0.29, 0.717) is 12.0 Å². The van der Waals surface area contributed by atoms with Crippen LogP contribution in [0.3, 0.4) is 0 Å². The Morgan fingerprint density at radius 2 is 1.92 bits per heavy atom. The SMILES string of the molecule is CNC(=O)c1ccc(-c2cn3c(n2)sc2cc(C(=O)CCC4CCC5(CCNCC5)O4)ccc23)cc1. The van der Waals surface area contributed by atoms with Gasteiger partial charge in [-0.3, -0.25) is 14.0 Å². The van der Waals surface area contributed by atoms with Crippen LogP contribution in [0.5, 0.6) is 0 Å². The Morgan fingerprint density at radius 3 is 2.69 bits per heavy atom. The number of benzene rings is 2. The van der Waals surface area contributed by atoms with Crippen LogP contribution in [0.25, 0.3) is 26.4 Å². The number of hydrogen-bond acceptors (Lipinski definition) is 6. The van der Waals surface area contributed by atoms with Crippen molar-refractivity contribution in [3.05, 3.63) is 59.8 Å². The Bertz CT molecular complexity index is 1430. The molecule has 1 atom stereocenters. The number of carbonyl (C=O) groups excluding carboxylic acids is 2. The summed E-state index contributed by atoms with van der Waals surface area (Å²) in [6.45, 7) is 2.06. The predicted octanol–water partition coefficient (Wildman–Crippen LogP) is 4.84. The Hall–Kier alpha value is -3.07. The molecule has 186 valence electrons. The van der Waals surface area contributed by atoms with Crippen molar-refractivity contribution in [1.29, 1.82) is 0 Å². The van der Waals surface area contributed by atoms with Crippen molar-refractivity contribution < 1.29 is 14.3 Å². The van der Waals surface area contributed by atoms with Gasteiger partial charge in [0.2, 0.25) is 0 Å². The zero-order valence-electron chi connectivity index (χ0n) is 20.4. The lowest BCUT2D eigenvalue weighted by Gasteiger charge is -2.33. The Morgan fingerprint density at radius 1 is 1.14 bits per heavy atom. The average Bonchev–Trinajstić information content (AvgIpc) is 3.60. The third kappa shape index (κ3) is 4.34. The van der Waals surface area contributed by atoms with Crippen molar-refractivity contribution in [3.8, 4) is 11.3 Å². The van der Waals surface area contributed by atoms with E-state index in [9.17, 15) is 9.59 Å². The molecule has 0 aliphatic carbocycles. The number of Topliss-reactive ketones (excluding diaryl/α,β-unsaturated/α-hetero) is 1. The molecule has 8 heteroatoms. The summed E-state index contributed by atoms with van der Waals surface area (Å²) in [5.74, 6) is 0.0693. The minimum Gasteiger partial charge on any atom is -0.372 e. The van der Waals surface area contributed by atoms with Crippen LogP contribution in [0.15, 0.2) is 48.7 Å². The van der Waals surface area contributed by atoms with Crippen LogP contribution < -0.4 is 10.6 Å².